The van der Waals surface area contributed by atoms with E-state index in [1.54, 1.807) is 13.8 Å². The van der Waals surface area contributed by atoms with Gasteiger partial charge >= 0.3 is 0 Å². The van der Waals surface area contributed by atoms with Crippen LogP contribution in [-0.2, 0) is 0 Å². The highest BCUT2D eigenvalue weighted by Crippen LogP contribution is 2.36. The maximum atomic E-state index is 12.6. The zero-order chi connectivity index (χ0) is 20.8. The number of benzene rings is 2. The van der Waals surface area contributed by atoms with E-state index in [4.69, 9.17) is 4.42 Å². The summed E-state index contributed by atoms with van der Waals surface area (Å²) in [5.74, 6) is 0.569. The van der Waals surface area contributed by atoms with Gasteiger partial charge in [0.05, 0.1) is 17.0 Å². The lowest BCUT2D eigenvalue weighted by Gasteiger charge is -2.13. The number of aryl methyl sites for hydroxylation is 2. The molecule has 5 aromatic rings. The zero-order valence-electron chi connectivity index (χ0n) is 16.5. The first-order valence-corrected chi connectivity index (χ1v) is 9.66. The van der Waals surface area contributed by atoms with E-state index < -0.39 is 5.92 Å². The van der Waals surface area contributed by atoms with Gasteiger partial charge in [-0.3, -0.25) is 19.8 Å². The Morgan fingerprint density at radius 1 is 0.733 bits per heavy atom. The number of aromatic nitrogens is 4. The lowest BCUT2D eigenvalue weighted by molar-refractivity contribution is 0.514. The number of rotatable bonds is 4. The van der Waals surface area contributed by atoms with Crippen molar-refractivity contribution < 1.29 is 4.42 Å². The fourth-order valence-electron chi connectivity index (χ4n) is 4.13. The number of nitrogens with one attached hydrogen (secondary N) is 4. The monoisotopic (exact) mass is 400 g/mol. The van der Waals surface area contributed by atoms with Crippen LogP contribution in [0.4, 0.5) is 0 Å². The Morgan fingerprint density at radius 2 is 1.37 bits per heavy atom. The third-order valence-electron chi connectivity index (χ3n) is 5.57. The molecule has 5 rings (SSSR count). The summed E-state index contributed by atoms with van der Waals surface area (Å²) in [6.45, 7) is 3.59. The van der Waals surface area contributed by atoms with Crippen LogP contribution in [0.1, 0.15) is 34.2 Å². The summed E-state index contributed by atoms with van der Waals surface area (Å²) in [5.41, 5.74) is 2.64. The van der Waals surface area contributed by atoms with Crippen LogP contribution in [0.25, 0.3) is 22.1 Å². The highest BCUT2D eigenvalue weighted by Gasteiger charge is 2.30. The molecule has 150 valence electrons. The zero-order valence-corrected chi connectivity index (χ0v) is 16.5. The van der Waals surface area contributed by atoms with Gasteiger partial charge in [0, 0.05) is 17.0 Å². The van der Waals surface area contributed by atoms with Gasteiger partial charge in [-0.1, -0.05) is 42.5 Å². The molecule has 0 fully saturated rings. The molecule has 7 nitrogen and oxygen atoms in total. The number of fused-ring (bicyclic) bond motifs is 1. The molecule has 0 aliphatic carbocycles. The Kier molecular flexibility index (Phi) is 4.10. The number of H-pyrrole nitrogens is 4. The molecule has 0 aliphatic heterocycles. The van der Waals surface area contributed by atoms with Crippen LogP contribution in [0.15, 0.2) is 68.6 Å². The molecule has 0 saturated heterocycles. The standard InChI is InChI=1S/C23H20N4O3/c1-12-19(22(28)26-24-12)21(20-13(2)25-27-23(20)29)18-11-10-17(30-18)16-9-5-7-14-6-3-4-8-15(14)16/h3-11,21H,1-2H3,(H2,24,26,28)(H2,25,27,29). The third-order valence-corrected chi connectivity index (χ3v) is 5.57. The molecule has 7 heteroatoms. The van der Waals surface area contributed by atoms with E-state index in [-0.39, 0.29) is 11.1 Å². The van der Waals surface area contributed by atoms with Crippen LogP contribution in [-0.4, -0.2) is 20.4 Å². The molecular weight excluding hydrogens is 380 g/mol. The van der Waals surface area contributed by atoms with E-state index in [0.29, 0.717) is 34.0 Å². The maximum absolute atomic E-state index is 12.6. The van der Waals surface area contributed by atoms with E-state index in [1.807, 2.05) is 42.5 Å². The molecule has 0 spiro atoms. The summed E-state index contributed by atoms with van der Waals surface area (Å²) < 4.78 is 6.27. The number of hydrogen-bond acceptors (Lipinski definition) is 3. The predicted octanol–water partition coefficient (Wildman–Crippen LogP) is 3.93. The Bertz CT molecular complexity index is 1420. The second-order valence-electron chi connectivity index (χ2n) is 7.40. The fraction of sp³-hybridized carbons (Fsp3) is 0.130. The van der Waals surface area contributed by atoms with E-state index in [9.17, 15) is 9.59 Å². The summed E-state index contributed by atoms with van der Waals surface area (Å²) in [4.78, 5) is 25.1. The van der Waals surface area contributed by atoms with Crippen LogP contribution >= 0.6 is 0 Å². The van der Waals surface area contributed by atoms with Crippen molar-refractivity contribution >= 4 is 10.8 Å². The topological polar surface area (TPSA) is 110 Å². The van der Waals surface area contributed by atoms with Crippen molar-refractivity contribution in [2.75, 3.05) is 0 Å². The fourth-order valence-corrected chi connectivity index (χ4v) is 4.13. The second kappa shape index (κ2) is 6.81. The van der Waals surface area contributed by atoms with E-state index in [1.165, 1.54) is 0 Å². The number of furan rings is 1. The summed E-state index contributed by atoms with van der Waals surface area (Å²) in [6.07, 6.45) is 0. The largest absolute Gasteiger partial charge is 0.460 e. The van der Waals surface area contributed by atoms with Crippen molar-refractivity contribution in [1.82, 2.24) is 20.4 Å². The molecule has 0 unspecified atom stereocenters. The van der Waals surface area contributed by atoms with Gasteiger partial charge in [-0.05, 0) is 36.8 Å². The van der Waals surface area contributed by atoms with Crippen molar-refractivity contribution in [1.29, 1.82) is 0 Å². The Labute approximate surface area is 170 Å². The van der Waals surface area contributed by atoms with Crippen molar-refractivity contribution in [3.05, 3.63) is 104 Å². The van der Waals surface area contributed by atoms with Gasteiger partial charge in [0.1, 0.15) is 11.5 Å². The minimum Gasteiger partial charge on any atom is -0.460 e. The normalized spacial score (nSPS) is 11.6. The SMILES string of the molecule is Cc1[nH][nH]c(=O)c1C(c1ccc(-c2cccc3ccccc23)o1)c1c(C)[nH][nH]c1=O. The van der Waals surface area contributed by atoms with Crippen molar-refractivity contribution in [2.24, 2.45) is 0 Å². The Balaban J connectivity index is 1.72. The van der Waals surface area contributed by atoms with Gasteiger partial charge in [0.2, 0.25) is 0 Å². The molecule has 3 aromatic heterocycles. The van der Waals surface area contributed by atoms with Crippen LogP contribution in [0, 0.1) is 13.8 Å². The number of aromatic amines is 4. The molecule has 0 amide bonds. The van der Waals surface area contributed by atoms with Crippen molar-refractivity contribution in [3.63, 3.8) is 0 Å². The predicted molar refractivity (Wildman–Crippen MR) is 115 cm³/mol. The van der Waals surface area contributed by atoms with Crippen LogP contribution in [0.2, 0.25) is 0 Å². The molecule has 0 bridgehead atoms. The Hall–Kier alpha value is -4.00. The first-order valence-electron chi connectivity index (χ1n) is 9.66. The molecule has 30 heavy (non-hydrogen) atoms. The molecular formula is C23H20N4O3. The highest BCUT2D eigenvalue weighted by molar-refractivity contribution is 5.95. The van der Waals surface area contributed by atoms with E-state index >= 15 is 0 Å². The summed E-state index contributed by atoms with van der Waals surface area (Å²) in [5, 5.41) is 13.1. The second-order valence-corrected chi connectivity index (χ2v) is 7.40. The van der Waals surface area contributed by atoms with Gasteiger partial charge < -0.3 is 14.6 Å². The van der Waals surface area contributed by atoms with Gasteiger partial charge in [-0.15, -0.1) is 0 Å². The van der Waals surface area contributed by atoms with Crippen LogP contribution in [0.5, 0.6) is 0 Å². The Morgan fingerprint density at radius 3 is 2.00 bits per heavy atom. The first-order chi connectivity index (χ1) is 14.5. The van der Waals surface area contributed by atoms with E-state index in [2.05, 4.69) is 32.5 Å². The lowest BCUT2D eigenvalue weighted by Crippen LogP contribution is -2.19. The molecule has 0 radical (unpaired) electrons. The third kappa shape index (κ3) is 2.75. The number of hydrogen-bond donors (Lipinski definition) is 4. The molecule has 4 N–H and O–H groups in total. The average molecular weight is 400 g/mol. The van der Waals surface area contributed by atoms with Crippen LogP contribution in [0.3, 0.4) is 0 Å². The molecule has 2 aromatic carbocycles. The lowest BCUT2D eigenvalue weighted by atomic mass is 9.89. The van der Waals surface area contributed by atoms with Gasteiger partial charge in [-0.25, -0.2) is 0 Å². The van der Waals surface area contributed by atoms with Gasteiger partial charge in [-0.2, -0.15) is 0 Å². The van der Waals surface area contributed by atoms with Crippen LogP contribution < -0.4 is 11.1 Å². The van der Waals surface area contributed by atoms with Crippen molar-refractivity contribution in [3.8, 4) is 11.3 Å². The molecule has 0 atom stereocenters. The summed E-state index contributed by atoms with van der Waals surface area (Å²) in [6, 6.07) is 17.8. The molecule has 0 aliphatic rings. The van der Waals surface area contributed by atoms with Gasteiger partial charge in [0.15, 0.2) is 0 Å². The minimum atomic E-state index is -0.640. The quantitative estimate of drug-likeness (QED) is 0.367. The average Bonchev–Trinajstić information content (AvgIpc) is 3.45. The minimum absolute atomic E-state index is 0.277. The van der Waals surface area contributed by atoms with Crippen molar-refractivity contribution in [2.45, 2.75) is 19.8 Å². The highest BCUT2D eigenvalue weighted by atomic mass is 16.3. The summed E-state index contributed by atoms with van der Waals surface area (Å²) in [7, 11) is 0. The van der Waals surface area contributed by atoms with Gasteiger partial charge in [0.25, 0.3) is 11.1 Å². The molecule has 3 heterocycles. The first kappa shape index (κ1) is 18.1. The van der Waals surface area contributed by atoms with E-state index in [0.717, 1.165) is 16.3 Å². The summed E-state index contributed by atoms with van der Waals surface area (Å²) >= 11 is 0. The maximum Gasteiger partial charge on any atom is 0.268 e. The molecule has 0 saturated carbocycles. The smallest absolute Gasteiger partial charge is 0.268 e.